The Hall–Kier alpha value is -2.09. The SMILES string of the molecule is CCC(CC)=C(c1ccc(O)cc1)c1ccc(F)cc1. The molecule has 0 amide bonds. The Kier molecular flexibility index (Phi) is 4.57. The zero-order chi connectivity index (χ0) is 14.5. The normalized spacial score (nSPS) is 10.3. The van der Waals surface area contributed by atoms with Crippen LogP contribution in [0.2, 0.25) is 0 Å². The molecule has 0 unspecified atom stereocenters. The lowest BCUT2D eigenvalue weighted by atomic mass is 9.90. The van der Waals surface area contributed by atoms with Gasteiger partial charge in [-0.1, -0.05) is 43.7 Å². The van der Waals surface area contributed by atoms with Crippen molar-refractivity contribution in [2.75, 3.05) is 0 Å². The molecule has 0 aliphatic rings. The number of benzene rings is 2. The molecule has 0 radical (unpaired) electrons. The van der Waals surface area contributed by atoms with Gasteiger partial charge in [-0.15, -0.1) is 0 Å². The highest BCUT2D eigenvalue weighted by atomic mass is 19.1. The molecule has 0 aliphatic heterocycles. The summed E-state index contributed by atoms with van der Waals surface area (Å²) in [5.41, 5.74) is 4.51. The van der Waals surface area contributed by atoms with Crippen molar-refractivity contribution in [1.82, 2.24) is 0 Å². The van der Waals surface area contributed by atoms with Crippen LogP contribution >= 0.6 is 0 Å². The average molecular weight is 270 g/mol. The summed E-state index contributed by atoms with van der Waals surface area (Å²) in [7, 11) is 0. The quantitative estimate of drug-likeness (QED) is 0.814. The number of phenols is 1. The lowest BCUT2D eigenvalue weighted by molar-refractivity contribution is 0.475. The molecule has 2 aromatic rings. The van der Waals surface area contributed by atoms with Crippen LogP contribution in [0.15, 0.2) is 54.1 Å². The molecule has 1 N–H and O–H groups in total. The van der Waals surface area contributed by atoms with Gasteiger partial charge in [0.05, 0.1) is 0 Å². The van der Waals surface area contributed by atoms with Crippen molar-refractivity contribution in [3.63, 3.8) is 0 Å². The van der Waals surface area contributed by atoms with E-state index in [4.69, 9.17) is 0 Å². The highest BCUT2D eigenvalue weighted by Gasteiger charge is 2.10. The Balaban J connectivity index is 2.59. The molecule has 0 fully saturated rings. The Bertz CT molecular complexity index is 541. The third kappa shape index (κ3) is 3.08. The van der Waals surface area contributed by atoms with E-state index in [0.717, 1.165) is 29.5 Å². The number of aromatic hydroxyl groups is 1. The van der Waals surface area contributed by atoms with Crippen LogP contribution in [0.1, 0.15) is 37.8 Å². The summed E-state index contributed by atoms with van der Waals surface area (Å²) < 4.78 is 13.1. The van der Waals surface area contributed by atoms with E-state index < -0.39 is 0 Å². The molecule has 104 valence electrons. The standard InChI is InChI=1S/C18H19FO/c1-3-13(4-2)18(14-5-9-16(19)10-6-14)15-7-11-17(20)12-8-15/h5-12,20H,3-4H2,1-2H3. The summed E-state index contributed by atoms with van der Waals surface area (Å²) in [6.07, 6.45) is 1.90. The van der Waals surface area contributed by atoms with Gasteiger partial charge in [-0.25, -0.2) is 4.39 Å². The van der Waals surface area contributed by atoms with Crippen molar-refractivity contribution in [1.29, 1.82) is 0 Å². The van der Waals surface area contributed by atoms with Crippen LogP contribution in [0.4, 0.5) is 4.39 Å². The first-order valence-electron chi connectivity index (χ1n) is 6.93. The van der Waals surface area contributed by atoms with E-state index in [0.29, 0.717) is 0 Å². The van der Waals surface area contributed by atoms with Crippen molar-refractivity contribution in [3.05, 3.63) is 71.0 Å². The third-order valence-electron chi connectivity index (χ3n) is 3.50. The number of hydrogen-bond acceptors (Lipinski definition) is 1. The number of phenolic OH excluding ortho intramolecular Hbond substituents is 1. The first-order chi connectivity index (χ1) is 9.65. The van der Waals surface area contributed by atoms with Crippen molar-refractivity contribution >= 4 is 5.57 Å². The highest BCUT2D eigenvalue weighted by Crippen LogP contribution is 2.31. The van der Waals surface area contributed by atoms with Gasteiger partial charge in [0, 0.05) is 0 Å². The van der Waals surface area contributed by atoms with Crippen LogP contribution in [0.25, 0.3) is 5.57 Å². The van der Waals surface area contributed by atoms with E-state index in [1.807, 2.05) is 24.3 Å². The van der Waals surface area contributed by atoms with E-state index in [1.54, 1.807) is 12.1 Å². The van der Waals surface area contributed by atoms with E-state index in [9.17, 15) is 9.50 Å². The van der Waals surface area contributed by atoms with Crippen molar-refractivity contribution in [2.45, 2.75) is 26.7 Å². The second kappa shape index (κ2) is 6.38. The summed E-state index contributed by atoms with van der Waals surface area (Å²) in [6.45, 7) is 4.26. The Morgan fingerprint density at radius 1 is 0.850 bits per heavy atom. The molecule has 0 spiro atoms. The Labute approximate surface area is 119 Å². The predicted octanol–water partition coefficient (Wildman–Crippen LogP) is 5.15. The molecule has 2 aromatic carbocycles. The number of rotatable bonds is 4. The van der Waals surface area contributed by atoms with E-state index in [1.165, 1.54) is 17.7 Å². The zero-order valence-corrected chi connectivity index (χ0v) is 11.9. The maximum Gasteiger partial charge on any atom is 0.123 e. The van der Waals surface area contributed by atoms with Crippen LogP contribution in [0, 0.1) is 5.82 Å². The van der Waals surface area contributed by atoms with Crippen molar-refractivity contribution in [3.8, 4) is 5.75 Å². The minimum Gasteiger partial charge on any atom is -0.508 e. The monoisotopic (exact) mass is 270 g/mol. The van der Waals surface area contributed by atoms with Crippen molar-refractivity contribution < 1.29 is 9.50 Å². The fourth-order valence-corrected chi connectivity index (χ4v) is 2.42. The van der Waals surface area contributed by atoms with E-state index in [2.05, 4.69) is 13.8 Å². The maximum absolute atomic E-state index is 13.1. The molecule has 2 heteroatoms. The summed E-state index contributed by atoms with van der Waals surface area (Å²) >= 11 is 0. The Morgan fingerprint density at radius 3 is 1.75 bits per heavy atom. The van der Waals surface area contributed by atoms with Gasteiger partial charge >= 0.3 is 0 Å². The largest absolute Gasteiger partial charge is 0.508 e. The van der Waals surface area contributed by atoms with Gasteiger partial charge in [-0.05, 0) is 53.8 Å². The van der Waals surface area contributed by atoms with Crippen LogP contribution < -0.4 is 0 Å². The molecule has 1 nitrogen and oxygen atoms in total. The van der Waals surface area contributed by atoms with Gasteiger partial charge in [0.25, 0.3) is 0 Å². The van der Waals surface area contributed by atoms with Gasteiger partial charge in [0.1, 0.15) is 11.6 Å². The molecule has 2 rings (SSSR count). The fourth-order valence-electron chi connectivity index (χ4n) is 2.42. The molecule has 0 bridgehead atoms. The first-order valence-corrected chi connectivity index (χ1v) is 6.93. The minimum absolute atomic E-state index is 0.228. The van der Waals surface area contributed by atoms with Crippen LogP contribution in [0.5, 0.6) is 5.75 Å². The summed E-state index contributed by atoms with van der Waals surface area (Å²) in [5, 5.41) is 9.43. The molecule has 0 aromatic heterocycles. The molecule has 20 heavy (non-hydrogen) atoms. The van der Waals surface area contributed by atoms with Crippen LogP contribution in [-0.2, 0) is 0 Å². The predicted molar refractivity (Wildman–Crippen MR) is 81.1 cm³/mol. The number of hydrogen-bond donors (Lipinski definition) is 1. The smallest absolute Gasteiger partial charge is 0.123 e. The first kappa shape index (κ1) is 14.3. The molecule has 0 atom stereocenters. The third-order valence-corrected chi connectivity index (χ3v) is 3.50. The molecule has 0 saturated heterocycles. The topological polar surface area (TPSA) is 20.2 Å². The second-order valence-electron chi connectivity index (χ2n) is 4.74. The minimum atomic E-state index is -0.228. The van der Waals surface area contributed by atoms with Gasteiger partial charge in [0.15, 0.2) is 0 Å². The molecule has 0 heterocycles. The molecule has 0 saturated carbocycles. The fraction of sp³-hybridized carbons (Fsp3) is 0.222. The molecular weight excluding hydrogens is 251 g/mol. The molecule has 0 aliphatic carbocycles. The van der Waals surface area contributed by atoms with Gasteiger partial charge in [-0.2, -0.15) is 0 Å². The van der Waals surface area contributed by atoms with Gasteiger partial charge in [0.2, 0.25) is 0 Å². The summed E-state index contributed by atoms with van der Waals surface area (Å²) in [6, 6.07) is 13.8. The van der Waals surface area contributed by atoms with Gasteiger partial charge in [-0.3, -0.25) is 0 Å². The Morgan fingerprint density at radius 2 is 1.30 bits per heavy atom. The zero-order valence-electron chi connectivity index (χ0n) is 11.9. The molecular formula is C18H19FO. The lowest BCUT2D eigenvalue weighted by Crippen LogP contribution is -1.94. The maximum atomic E-state index is 13.1. The lowest BCUT2D eigenvalue weighted by Gasteiger charge is -2.14. The van der Waals surface area contributed by atoms with Gasteiger partial charge < -0.3 is 5.11 Å². The van der Waals surface area contributed by atoms with E-state index in [-0.39, 0.29) is 11.6 Å². The van der Waals surface area contributed by atoms with Crippen LogP contribution in [-0.4, -0.2) is 5.11 Å². The highest BCUT2D eigenvalue weighted by molar-refractivity contribution is 5.82. The number of halogens is 1. The van der Waals surface area contributed by atoms with E-state index >= 15 is 0 Å². The average Bonchev–Trinajstić information content (AvgIpc) is 2.47. The van der Waals surface area contributed by atoms with Crippen molar-refractivity contribution in [2.24, 2.45) is 0 Å². The summed E-state index contributed by atoms with van der Waals surface area (Å²) in [5.74, 6) is 0.0232. The van der Waals surface area contributed by atoms with Crippen LogP contribution in [0.3, 0.4) is 0 Å². The second-order valence-corrected chi connectivity index (χ2v) is 4.74. The number of allylic oxidation sites excluding steroid dienone is 1. The summed E-state index contributed by atoms with van der Waals surface area (Å²) in [4.78, 5) is 0.